The number of benzene rings is 2. The van der Waals surface area contributed by atoms with Crippen LogP contribution >= 0.6 is 0 Å². The fourth-order valence-corrected chi connectivity index (χ4v) is 4.85. The molecule has 2 saturated heterocycles. The number of aliphatic hydroxyl groups is 1. The standard InChI is InChI=1S/C24H25FN4O3/c1-24(2,32)10-22(30)27-12-15-13-28(23(31)17(15)14-27)19-8-5-9-20-16(19)11-26-29(20)21-7-4-3-6-18(21)25/h3-9,11,15,17,32H,10,12-14H2,1-2H3/t15-,17-/m1/s1. The van der Waals surface area contributed by atoms with Crippen molar-refractivity contribution in [1.29, 1.82) is 0 Å². The van der Waals surface area contributed by atoms with E-state index in [4.69, 9.17) is 0 Å². The number of hydrogen-bond donors (Lipinski definition) is 1. The monoisotopic (exact) mass is 436 g/mol. The topological polar surface area (TPSA) is 78.7 Å². The lowest BCUT2D eigenvalue weighted by atomic mass is 10.0. The molecule has 7 nitrogen and oxygen atoms in total. The maximum Gasteiger partial charge on any atom is 0.232 e. The minimum absolute atomic E-state index is 0.0142. The van der Waals surface area contributed by atoms with Gasteiger partial charge in [-0.25, -0.2) is 9.07 Å². The third-order valence-electron chi connectivity index (χ3n) is 6.34. The molecule has 0 bridgehead atoms. The number of amides is 2. The number of nitrogens with zero attached hydrogens (tertiary/aromatic N) is 4. The third kappa shape index (κ3) is 3.44. The Morgan fingerprint density at radius 1 is 1.12 bits per heavy atom. The lowest BCUT2D eigenvalue weighted by Gasteiger charge is -2.25. The van der Waals surface area contributed by atoms with Crippen LogP contribution in [0.2, 0.25) is 0 Å². The van der Waals surface area contributed by atoms with E-state index in [1.54, 1.807) is 52.7 Å². The maximum atomic E-state index is 14.3. The number of halogens is 1. The van der Waals surface area contributed by atoms with Crippen LogP contribution in [0.5, 0.6) is 0 Å². The Hall–Kier alpha value is -3.26. The minimum Gasteiger partial charge on any atom is -0.390 e. The average molecular weight is 436 g/mol. The van der Waals surface area contributed by atoms with Crippen LogP contribution < -0.4 is 4.90 Å². The quantitative estimate of drug-likeness (QED) is 0.682. The Morgan fingerprint density at radius 2 is 1.88 bits per heavy atom. The van der Waals surface area contributed by atoms with Gasteiger partial charge in [-0.1, -0.05) is 18.2 Å². The largest absolute Gasteiger partial charge is 0.390 e. The molecule has 5 rings (SSSR count). The zero-order valence-corrected chi connectivity index (χ0v) is 18.0. The van der Waals surface area contributed by atoms with Gasteiger partial charge in [-0.2, -0.15) is 5.10 Å². The summed E-state index contributed by atoms with van der Waals surface area (Å²) in [4.78, 5) is 29.2. The molecule has 2 aromatic carbocycles. The molecule has 166 valence electrons. The number of aromatic nitrogens is 2. The lowest BCUT2D eigenvalue weighted by molar-refractivity contribution is -0.134. The maximum absolute atomic E-state index is 14.3. The summed E-state index contributed by atoms with van der Waals surface area (Å²) in [6, 6.07) is 12.0. The molecule has 0 saturated carbocycles. The molecule has 2 amide bonds. The van der Waals surface area contributed by atoms with Crippen LogP contribution in [0.25, 0.3) is 16.6 Å². The highest BCUT2D eigenvalue weighted by Crippen LogP contribution is 2.38. The molecule has 2 aliphatic rings. The van der Waals surface area contributed by atoms with Crippen LogP contribution in [-0.2, 0) is 9.59 Å². The Balaban J connectivity index is 1.41. The van der Waals surface area contributed by atoms with Crippen molar-refractivity contribution in [2.45, 2.75) is 25.9 Å². The van der Waals surface area contributed by atoms with Crippen LogP contribution in [0.3, 0.4) is 0 Å². The van der Waals surface area contributed by atoms with E-state index in [1.165, 1.54) is 6.07 Å². The highest BCUT2D eigenvalue weighted by molar-refractivity contribution is 6.05. The Bertz CT molecular complexity index is 1220. The normalized spacial score (nSPS) is 20.9. The molecule has 0 unspecified atom stereocenters. The van der Waals surface area contributed by atoms with E-state index in [-0.39, 0.29) is 35.9 Å². The van der Waals surface area contributed by atoms with Crippen LogP contribution in [0.15, 0.2) is 48.7 Å². The van der Waals surface area contributed by atoms with Crippen molar-refractivity contribution in [2.75, 3.05) is 24.5 Å². The molecule has 0 radical (unpaired) electrons. The van der Waals surface area contributed by atoms with Gasteiger partial charge in [0.15, 0.2) is 0 Å². The van der Waals surface area contributed by atoms with Crippen molar-refractivity contribution >= 4 is 28.4 Å². The molecular formula is C24H25FN4O3. The first-order valence-corrected chi connectivity index (χ1v) is 10.8. The van der Waals surface area contributed by atoms with Gasteiger partial charge in [0, 0.05) is 30.9 Å². The van der Waals surface area contributed by atoms with E-state index in [0.717, 1.165) is 16.6 Å². The number of carbonyl (C=O) groups is 2. The Kier molecular flexibility index (Phi) is 4.78. The molecule has 1 N–H and O–H groups in total. The van der Waals surface area contributed by atoms with Crippen LogP contribution in [0.1, 0.15) is 20.3 Å². The fraction of sp³-hybridized carbons (Fsp3) is 0.375. The second kappa shape index (κ2) is 7.41. The number of carbonyl (C=O) groups excluding carboxylic acids is 2. The second-order valence-electron chi connectivity index (χ2n) is 9.32. The lowest BCUT2D eigenvalue weighted by Crippen LogP contribution is -2.38. The van der Waals surface area contributed by atoms with Crippen molar-refractivity contribution in [3.05, 3.63) is 54.5 Å². The highest BCUT2D eigenvalue weighted by atomic mass is 19.1. The molecule has 2 fully saturated rings. The number of para-hydroxylation sites is 1. The predicted molar refractivity (Wildman–Crippen MR) is 118 cm³/mol. The van der Waals surface area contributed by atoms with E-state index >= 15 is 0 Å². The predicted octanol–water partition coefficient (Wildman–Crippen LogP) is 2.75. The van der Waals surface area contributed by atoms with Crippen molar-refractivity contribution in [3.63, 3.8) is 0 Å². The van der Waals surface area contributed by atoms with Gasteiger partial charge >= 0.3 is 0 Å². The number of rotatable bonds is 4. The first-order chi connectivity index (χ1) is 15.2. The summed E-state index contributed by atoms with van der Waals surface area (Å²) in [6.45, 7) is 4.61. The smallest absolute Gasteiger partial charge is 0.232 e. The summed E-state index contributed by atoms with van der Waals surface area (Å²) >= 11 is 0. The zero-order valence-electron chi connectivity index (χ0n) is 18.0. The third-order valence-corrected chi connectivity index (χ3v) is 6.34. The van der Waals surface area contributed by atoms with E-state index in [2.05, 4.69) is 5.10 Å². The van der Waals surface area contributed by atoms with Crippen molar-refractivity contribution < 1.29 is 19.1 Å². The van der Waals surface area contributed by atoms with Gasteiger partial charge in [-0.05, 0) is 38.1 Å². The number of anilines is 1. The van der Waals surface area contributed by atoms with Crippen molar-refractivity contribution in [3.8, 4) is 5.69 Å². The first kappa shape index (κ1) is 20.6. The van der Waals surface area contributed by atoms with Crippen LogP contribution in [-0.4, -0.2) is 56.8 Å². The highest BCUT2D eigenvalue weighted by Gasteiger charge is 2.48. The Morgan fingerprint density at radius 3 is 2.59 bits per heavy atom. The molecule has 2 atom stereocenters. The van der Waals surface area contributed by atoms with Crippen LogP contribution in [0, 0.1) is 17.7 Å². The van der Waals surface area contributed by atoms with Gasteiger partial charge in [0.1, 0.15) is 11.5 Å². The molecule has 0 aliphatic carbocycles. The van der Waals surface area contributed by atoms with E-state index in [1.807, 2.05) is 18.2 Å². The van der Waals surface area contributed by atoms with Crippen molar-refractivity contribution in [1.82, 2.24) is 14.7 Å². The van der Waals surface area contributed by atoms with Gasteiger partial charge in [0.2, 0.25) is 11.8 Å². The fourth-order valence-electron chi connectivity index (χ4n) is 4.85. The Labute approximate surface area is 185 Å². The first-order valence-electron chi connectivity index (χ1n) is 10.8. The van der Waals surface area contributed by atoms with Crippen LogP contribution in [0.4, 0.5) is 10.1 Å². The van der Waals surface area contributed by atoms with Gasteiger partial charge in [-0.3, -0.25) is 9.59 Å². The summed E-state index contributed by atoms with van der Waals surface area (Å²) in [5, 5.41) is 15.1. The van der Waals surface area contributed by atoms with Gasteiger partial charge < -0.3 is 14.9 Å². The molecule has 8 heteroatoms. The van der Waals surface area contributed by atoms with Gasteiger partial charge in [0.05, 0.1) is 35.3 Å². The molecule has 1 aromatic heterocycles. The van der Waals surface area contributed by atoms with E-state index in [0.29, 0.717) is 25.3 Å². The van der Waals surface area contributed by atoms with Gasteiger partial charge in [-0.15, -0.1) is 0 Å². The number of likely N-dealkylation sites (tertiary alicyclic amines) is 1. The minimum atomic E-state index is -1.07. The zero-order chi connectivity index (χ0) is 22.6. The SMILES string of the molecule is CC(C)(O)CC(=O)N1C[C@@H]2CN(c3cccc4c3cnn4-c3ccccc3F)C(=O)[C@@H]2C1. The molecule has 32 heavy (non-hydrogen) atoms. The summed E-state index contributed by atoms with van der Waals surface area (Å²) < 4.78 is 15.9. The average Bonchev–Trinajstić information content (AvgIpc) is 3.41. The summed E-state index contributed by atoms with van der Waals surface area (Å²) in [5.41, 5.74) is 0.752. The van der Waals surface area contributed by atoms with Gasteiger partial charge in [0.25, 0.3) is 0 Å². The number of fused-ring (bicyclic) bond motifs is 2. The molecule has 2 aliphatic heterocycles. The van der Waals surface area contributed by atoms with E-state index in [9.17, 15) is 19.1 Å². The van der Waals surface area contributed by atoms with Crippen molar-refractivity contribution in [2.24, 2.45) is 11.8 Å². The molecule has 0 spiro atoms. The summed E-state index contributed by atoms with van der Waals surface area (Å²) in [5.74, 6) is -0.715. The second-order valence-corrected chi connectivity index (χ2v) is 9.32. The van der Waals surface area contributed by atoms with E-state index < -0.39 is 5.60 Å². The summed E-state index contributed by atoms with van der Waals surface area (Å²) in [6.07, 6.45) is 1.70. The molecule has 3 heterocycles. The summed E-state index contributed by atoms with van der Waals surface area (Å²) in [7, 11) is 0. The number of hydrogen-bond acceptors (Lipinski definition) is 4. The molecular weight excluding hydrogens is 411 g/mol. The molecule has 3 aromatic rings.